The summed E-state index contributed by atoms with van der Waals surface area (Å²) in [6.07, 6.45) is 1.49. The van der Waals surface area contributed by atoms with Gasteiger partial charge < -0.3 is 28.3 Å². The first-order valence-corrected chi connectivity index (χ1v) is 22.3. The Kier molecular flexibility index (Phi) is 7.74. The number of ether oxygens (including phenoxy) is 2. The number of aliphatic carboxylic acids is 1. The lowest BCUT2D eigenvalue weighted by Gasteiger charge is -2.55. The van der Waals surface area contributed by atoms with Crippen LogP contribution in [0.15, 0.2) is 87.2 Å². The minimum atomic E-state index is -1.22. The Morgan fingerprint density at radius 1 is 0.613 bits per heavy atom. The van der Waals surface area contributed by atoms with Crippen molar-refractivity contribution in [1.82, 2.24) is 0 Å². The fourth-order valence-corrected chi connectivity index (χ4v) is 13.3. The largest absolute Gasteiger partial charge is 0.477 e. The van der Waals surface area contributed by atoms with Crippen LogP contribution in [0.2, 0.25) is 0 Å². The molecule has 0 fully saturated rings. The summed E-state index contributed by atoms with van der Waals surface area (Å²) in [5.41, 5.74) is 14.9. The first kappa shape index (κ1) is 38.6. The molecule has 0 amide bonds. The molecule has 0 atom stereocenters. The summed E-state index contributed by atoms with van der Waals surface area (Å²) in [5.74, 6) is 1.23. The third kappa shape index (κ3) is 4.95. The lowest BCUT2D eigenvalue weighted by Crippen LogP contribution is -2.43. The number of nitrogens with zero attached hydrogens (tertiary/aromatic N) is 2. The molecule has 0 saturated heterocycles. The van der Waals surface area contributed by atoms with Crippen molar-refractivity contribution in [1.29, 1.82) is 5.26 Å². The summed E-state index contributed by atoms with van der Waals surface area (Å²) in [5, 5.41) is 19.1. The van der Waals surface area contributed by atoms with E-state index in [9.17, 15) is 15.2 Å². The molecule has 0 bridgehead atoms. The van der Waals surface area contributed by atoms with Crippen molar-refractivity contribution < 1.29 is 28.2 Å². The Hall–Kier alpha value is -6.28. The Morgan fingerprint density at radius 2 is 1.02 bits per heavy atom. The number of furan rings is 2. The van der Waals surface area contributed by atoms with E-state index in [1.54, 1.807) is 36.9 Å². The van der Waals surface area contributed by atoms with Gasteiger partial charge in [-0.2, -0.15) is 5.26 Å². The quantitative estimate of drug-likeness (QED) is 0.125. The highest BCUT2D eigenvalue weighted by atomic mass is 32.1. The third-order valence-electron chi connectivity index (χ3n) is 14.1. The van der Waals surface area contributed by atoms with E-state index in [1.807, 2.05) is 30.3 Å². The molecule has 7 heterocycles. The standard InChI is InChI=1S/C52H44N2O6S2/c1-49(2)30-16-25(38-11-13-41(57-9)59-38)18-32-43(30)54-44-31(49)17-26(39-12-14-42(58-10)60-39)19-33(44)51(5,6)35-21-27(20-34(45(35)54)50(32,3)4)40-23-37-47(62-40)46-36(52(37,7)8)22-29(61-46)15-28(24-53)48(55)56/h11-23H,1-10H3,(H,55,56)/b28-15+. The van der Waals surface area contributed by atoms with Crippen LogP contribution in [0, 0.1) is 11.3 Å². The van der Waals surface area contributed by atoms with Crippen molar-refractivity contribution in [2.24, 2.45) is 0 Å². The second-order valence-corrected chi connectivity index (χ2v) is 21.1. The van der Waals surface area contributed by atoms with E-state index in [0.717, 1.165) is 43.5 Å². The van der Waals surface area contributed by atoms with Gasteiger partial charge in [-0.05, 0) is 117 Å². The molecule has 4 aromatic heterocycles. The number of carboxylic acids is 1. The van der Waals surface area contributed by atoms with E-state index in [1.165, 1.54) is 71.8 Å². The average Bonchev–Trinajstić information content (AvgIpc) is 4.09. The highest BCUT2D eigenvalue weighted by molar-refractivity contribution is 7.24. The summed E-state index contributed by atoms with van der Waals surface area (Å²) in [7, 11) is 3.25. The average molecular weight is 857 g/mol. The maximum Gasteiger partial charge on any atom is 0.346 e. The fraction of sp³-hybridized carbons (Fsp3) is 0.269. The van der Waals surface area contributed by atoms with Gasteiger partial charge >= 0.3 is 5.97 Å². The predicted molar refractivity (Wildman–Crippen MR) is 246 cm³/mol. The first-order valence-electron chi connectivity index (χ1n) is 20.7. The highest BCUT2D eigenvalue weighted by Crippen LogP contribution is 2.68. The van der Waals surface area contributed by atoms with Gasteiger partial charge in [-0.3, -0.25) is 0 Å². The molecule has 0 radical (unpaired) electrons. The molecule has 310 valence electrons. The molecule has 10 heteroatoms. The fourth-order valence-electron chi connectivity index (χ4n) is 10.6. The number of rotatable bonds is 7. The second-order valence-electron chi connectivity index (χ2n) is 19.0. The van der Waals surface area contributed by atoms with Crippen LogP contribution in [0.3, 0.4) is 0 Å². The molecule has 0 unspecified atom stereocenters. The van der Waals surface area contributed by atoms with Crippen molar-refractivity contribution >= 4 is 51.8 Å². The maximum atomic E-state index is 11.7. The normalized spacial score (nSPS) is 17.2. The zero-order chi connectivity index (χ0) is 43.6. The zero-order valence-corrected chi connectivity index (χ0v) is 37.8. The number of benzene rings is 3. The van der Waals surface area contributed by atoms with Crippen molar-refractivity contribution in [2.45, 2.75) is 77.0 Å². The number of thiophene rings is 2. The van der Waals surface area contributed by atoms with Gasteiger partial charge in [0.05, 0.1) is 31.3 Å². The van der Waals surface area contributed by atoms with E-state index >= 15 is 0 Å². The number of nitriles is 1. The van der Waals surface area contributed by atoms with Crippen molar-refractivity contribution in [3.8, 4) is 60.8 Å². The van der Waals surface area contributed by atoms with Crippen LogP contribution in [0.5, 0.6) is 11.9 Å². The van der Waals surface area contributed by atoms with Crippen LogP contribution in [-0.4, -0.2) is 25.3 Å². The van der Waals surface area contributed by atoms with Crippen molar-refractivity contribution in [3.05, 3.63) is 128 Å². The summed E-state index contributed by atoms with van der Waals surface area (Å²) < 4.78 is 23.5. The van der Waals surface area contributed by atoms with Crippen molar-refractivity contribution in [2.75, 3.05) is 19.1 Å². The molecule has 1 N–H and O–H groups in total. The van der Waals surface area contributed by atoms with Crippen LogP contribution in [-0.2, 0) is 26.5 Å². The molecule has 0 saturated carbocycles. The van der Waals surface area contributed by atoms with E-state index < -0.39 is 22.2 Å². The van der Waals surface area contributed by atoms with E-state index in [2.05, 4.69) is 109 Å². The number of carbonyl (C=O) groups is 1. The molecule has 7 aromatic rings. The summed E-state index contributed by atoms with van der Waals surface area (Å²) in [4.78, 5) is 18.6. The minimum absolute atomic E-state index is 0.269. The Labute approximate surface area is 368 Å². The van der Waals surface area contributed by atoms with Crippen LogP contribution in [0.25, 0.3) is 48.9 Å². The smallest absolute Gasteiger partial charge is 0.346 e. The number of fused-ring (bicyclic) bond motifs is 3. The maximum absolute atomic E-state index is 11.7. The SMILES string of the molecule is COc1ccc(-c2cc3c4c(c2)C(C)(C)c2cc(-c5cc6c(s5)-c5sc(/C=C(\C#N)C(=O)O)cc5C6(C)C)cc5c2N4c2c(cc(-c4ccc(OC)o4)cc2C5(C)C)C3(C)C)o1. The van der Waals surface area contributed by atoms with E-state index in [4.69, 9.17) is 18.3 Å². The molecular weight excluding hydrogens is 813 g/mol. The van der Waals surface area contributed by atoms with Gasteiger partial charge in [0.25, 0.3) is 11.9 Å². The summed E-state index contributed by atoms with van der Waals surface area (Å²) in [6.45, 7) is 18.6. The van der Waals surface area contributed by atoms with Gasteiger partial charge in [-0.15, -0.1) is 22.7 Å². The Bertz CT molecular complexity index is 3090. The van der Waals surface area contributed by atoms with Gasteiger partial charge in [0.2, 0.25) is 0 Å². The number of methoxy groups -OCH3 is 2. The molecule has 8 nitrogen and oxygen atoms in total. The first-order chi connectivity index (χ1) is 29.4. The molecule has 0 spiro atoms. The van der Waals surface area contributed by atoms with Gasteiger partial charge in [0.15, 0.2) is 0 Å². The van der Waals surface area contributed by atoms with Crippen LogP contribution >= 0.6 is 22.7 Å². The lowest BCUT2D eigenvalue weighted by molar-refractivity contribution is -0.132. The number of carboxylic acid groups (broad SMARTS) is 1. The van der Waals surface area contributed by atoms with Crippen molar-refractivity contribution in [3.63, 3.8) is 0 Å². The highest BCUT2D eigenvalue weighted by Gasteiger charge is 2.53. The number of hydrogen-bond donors (Lipinski definition) is 1. The van der Waals surface area contributed by atoms with Crippen LogP contribution < -0.4 is 14.4 Å². The van der Waals surface area contributed by atoms with E-state index in [-0.39, 0.29) is 11.0 Å². The van der Waals surface area contributed by atoms with Crippen LogP contribution in [0.4, 0.5) is 17.1 Å². The van der Waals surface area contributed by atoms with E-state index in [0.29, 0.717) is 11.9 Å². The van der Waals surface area contributed by atoms with Gasteiger partial charge in [0.1, 0.15) is 23.2 Å². The minimum Gasteiger partial charge on any atom is -0.477 e. The topological polar surface area (TPSA) is 109 Å². The Morgan fingerprint density at radius 3 is 1.42 bits per heavy atom. The van der Waals surface area contributed by atoms with Gasteiger partial charge in [-0.25, -0.2) is 4.79 Å². The molecule has 3 aliphatic heterocycles. The molecular formula is C52H44N2O6S2. The predicted octanol–water partition coefficient (Wildman–Crippen LogP) is 13.7. The molecule has 62 heavy (non-hydrogen) atoms. The summed E-state index contributed by atoms with van der Waals surface area (Å²) >= 11 is 3.34. The number of hydrogen-bond acceptors (Lipinski definition) is 9. The number of anilines is 3. The van der Waals surface area contributed by atoms with Gasteiger partial charge in [0, 0.05) is 64.4 Å². The molecule has 1 aliphatic carbocycles. The second kappa shape index (κ2) is 12.4. The Balaban J connectivity index is 1.17. The third-order valence-corrected chi connectivity index (χ3v) is 16.6. The molecule has 11 rings (SSSR count). The monoisotopic (exact) mass is 856 g/mol. The molecule has 3 aromatic carbocycles. The zero-order valence-electron chi connectivity index (χ0n) is 36.2. The molecule has 4 aliphatic rings. The lowest BCUT2D eigenvalue weighted by atomic mass is 9.60. The van der Waals surface area contributed by atoms with Gasteiger partial charge in [-0.1, -0.05) is 55.4 Å². The van der Waals surface area contributed by atoms with Crippen LogP contribution in [0.1, 0.15) is 105 Å². The summed E-state index contributed by atoms with van der Waals surface area (Å²) in [6, 6.07) is 28.1.